The van der Waals surface area contributed by atoms with E-state index in [1.165, 1.54) is 0 Å². The third kappa shape index (κ3) is 3.65. The minimum absolute atomic E-state index is 0.611. The summed E-state index contributed by atoms with van der Waals surface area (Å²) in [5.74, 6) is 1.55. The van der Waals surface area contributed by atoms with E-state index in [2.05, 4.69) is 10.9 Å². The van der Waals surface area contributed by atoms with Gasteiger partial charge in [0.15, 0.2) is 11.5 Å². The van der Waals surface area contributed by atoms with Crippen molar-refractivity contribution in [1.29, 1.82) is 0 Å². The number of ether oxygens (including phenoxy) is 2. The number of hydrazine groups is 1. The lowest BCUT2D eigenvalue weighted by Gasteiger charge is -2.15. The van der Waals surface area contributed by atoms with Gasteiger partial charge in [0.25, 0.3) is 0 Å². The number of anilines is 1. The van der Waals surface area contributed by atoms with Gasteiger partial charge in [0, 0.05) is 17.8 Å². The molecule has 2 rings (SSSR count). The summed E-state index contributed by atoms with van der Waals surface area (Å²) in [6.45, 7) is 3.22. The molecule has 0 saturated heterocycles. The van der Waals surface area contributed by atoms with Gasteiger partial charge in [-0.2, -0.15) is 0 Å². The average Bonchev–Trinajstić information content (AvgIpc) is 2.50. The van der Waals surface area contributed by atoms with Crippen LogP contribution >= 0.6 is 0 Å². The van der Waals surface area contributed by atoms with Crippen LogP contribution in [0.1, 0.15) is 12.5 Å². The zero-order valence-electron chi connectivity index (χ0n) is 11.8. The van der Waals surface area contributed by atoms with E-state index in [0.29, 0.717) is 13.2 Å². The van der Waals surface area contributed by atoms with E-state index < -0.39 is 0 Å². The first-order valence-corrected chi connectivity index (χ1v) is 6.67. The van der Waals surface area contributed by atoms with Crippen molar-refractivity contribution in [2.24, 2.45) is 0 Å². The van der Waals surface area contributed by atoms with Crippen LogP contribution in [0.4, 0.5) is 5.69 Å². The van der Waals surface area contributed by atoms with Crippen LogP contribution in [0.3, 0.4) is 0 Å². The van der Waals surface area contributed by atoms with Crippen molar-refractivity contribution < 1.29 is 9.47 Å². The largest absolute Gasteiger partial charge is 0.493 e. The van der Waals surface area contributed by atoms with Crippen LogP contribution in [-0.4, -0.2) is 13.7 Å². The van der Waals surface area contributed by atoms with Gasteiger partial charge in [0.05, 0.1) is 13.7 Å². The Morgan fingerprint density at radius 1 is 1.00 bits per heavy atom. The Hall–Kier alpha value is -2.20. The van der Waals surface area contributed by atoms with Crippen molar-refractivity contribution in [3.05, 3.63) is 54.1 Å². The van der Waals surface area contributed by atoms with Crippen LogP contribution in [0.5, 0.6) is 11.5 Å². The van der Waals surface area contributed by atoms with Crippen molar-refractivity contribution in [3.63, 3.8) is 0 Å². The fourth-order valence-corrected chi connectivity index (χ4v) is 1.93. The predicted octanol–water partition coefficient (Wildman–Crippen LogP) is 3.21. The number of hydrogen-bond donors (Lipinski definition) is 2. The summed E-state index contributed by atoms with van der Waals surface area (Å²) in [6, 6.07) is 15.8. The zero-order chi connectivity index (χ0) is 14.2. The Morgan fingerprint density at radius 3 is 2.50 bits per heavy atom. The molecule has 4 heteroatoms. The number of hydrogen-bond acceptors (Lipinski definition) is 4. The molecule has 106 valence electrons. The highest BCUT2D eigenvalue weighted by Gasteiger charge is 2.09. The van der Waals surface area contributed by atoms with Crippen molar-refractivity contribution in [3.8, 4) is 11.5 Å². The topological polar surface area (TPSA) is 42.5 Å². The molecule has 0 radical (unpaired) electrons. The van der Waals surface area contributed by atoms with E-state index in [-0.39, 0.29) is 0 Å². The van der Waals surface area contributed by atoms with Gasteiger partial charge in [0.1, 0.15) is 0 Å². The van der Waals surface area contributed by atoms with Crippen LogP contribution in [0.2, 0.25) is 0 Å². The fourth-order valence-electron chi connectivity index (χ4n) is 1.93. The maximum absolute atomic E-state index is 5.67. The molecular formula is C16H20N2O2. The Bertz CT molecular complexity index is 529. The smallest absolute Gasteiger partial charge is 0.165 e. The molecule has 2 aromatic rings. The van der Waals surface area contributed by atoms with Crippen molar-refractivity contribution in [2.45, 2.75) is 13.5 Å². The number of para-hydroxylation sites is 2. The summed E-state index contributed by atoms with van der Waals surface area (Å²) in [7, 11) is 1.65. The SMILES string of the molecule is CCOc1c(CNNc2ccccc2)cccc1OC. The molecule has 0 saturated carbocycles. The second-order valence-corrected chi connectivity index (χ2v) is 4.23. The third-order valence-electron chi connectivity index (χ3n) is 2.85. The normalized spacial score (nSPS) is 10.1. The van der Waals surface area contributed by atoms with Crippen LogP contribution in [0.25, 0.3) is 0 Å². The lowest BCUT2D eigenvalue weighted by Crippen LogP contribution is -2.21. The van der Waals surface area contributed by atoms with Gasteiger partial charge in [-0.05, 0) is 25.1 Å². The quantitative estimate of drug-likeness (QED) is 0.760. The second kappa shape index (κ2) is 7.40. The van der Waals surface area contributed by atoms with E-state index in [0.717, 1.165) is 22.7 Å². The highest BCUT2D eigenvalue weighted by atomic mass is 16.5. The highest BCUT2D eigenvalue weighted by molar-refractivity contribution is 5.47. The third-order valence-corrected chi connectivity index (χ3v) is 2.85. The summed E-state index contributed by atoms with van der Waals surface area (Å²) in [4.78, 5) is 0. The van der Waals surface area contributed by atoms with Crippen LogP contribution in [0, 0.1) is 0 Å². The van der Waals surface area contributed by atoms with Gasteiger partial charge in [-0.3, -0.25) is 0 Å². The fraction of sp³-hybridized carbons (Fsp3) is 0.250. The van der Waals surface area contributed by atoms with E-state index in [1.807, 2.05) is 55.5 Å². The molecule has 0 aromatic heterocycles. The zero-order valence-corrected chi connectivity index (χ0v) is 11.8. The molecule has 0 heterocycles. The monoisotopic (exact) mass is 272 g/mol. The maximum atomic E-state index is 5.67. The van der Waals surface area contributed by atoms with Crippen molar-refractivity contribution in [2.75, 3.05) is 19.1 Å². The van der Waals surface area contributed by atoms with E-state index in [1.54, 1.807) is 7.11 Å². The maximum Gasteiger partial charge on any atom is 0.165 e. The molecule has 0 aliphatic carbocycles. The minimum Gasteiger partial charge on any atom is -0.493 e. The molecule has 0 atom stereocenters. The molecule has 0 fully saturated rings. The van der Waals surface area contributed by atoms with Gasteiger partial charge in [-0.15, -0.1) is 0 Å². The van der Waals surface area contributed by atoms with Crippen LogP contribution in [0.15, 0.2) is 48.5 Å². The number of rotatable bonds is 7. The van der Waals surface area contributed by atoms with Gasteiger partial charge in [-0.1, -0.05) is 30.3 Å². The molecule has 0 spiro atoms. The number of benzene rings is 2. The Morgan fingerprint density at radius 2 is 1.80 bits per heavy atom. The molecule has 0 aliphatic heterocycles. The molecular weight excluding hydrogens is 252 g/mol. The summed E-state index contributed by atoms with van der Waals surface area (Å²) < 4.78 is 11.0. The van der Waals surface area contributed by atoms with Crippen LogP contribution < -0.4 is 20.3 Å². The lowest BCUT2D eigenvalue weighted by atomic mass is 10.2. The first-order valence-electron chi connectivity index (χ1n) is 6.67. The standard InChI is InChI=1S/C16H20N2O2/c1-3-20-16-13(8-7-11-15(16)19-2)12-17-18-14-9-5-4-6-10-14/h4-11,17-18H,3,12H2,1-2H3. The number of nitrogens with one attached hydrogen (secondary N) is 2. The molecule has 0 bridgehead atoms. The Kier molecular flexibility index (Phi) is 5.26. The molecule has 0 amide bonds. The van der Waals surface area contributed by atoms with Crippen LogP contribution in [-0.2, 0) is 6.54 Å². The predicted molar refractivity (Wildman–Crippen MR) is 81.1 cm³/mol. The van der Waals surface area contributed by atoms with Gasteiger partial charge < -0.3 is 14.9 Å². The molecule has 20 heavy (non-hydrogen) atoms. The molecule has 0 aliphatic rings. The molecule has 0 unspecified atom stereocenters. The van der Waals surface area contributed by atoms with Crippen molar-refractivity contribution in [1.82, 2.24) is 5.43 Å². The first kappa shape index (κ1) is 14.2. The highest BCUT2D eigenvalue weighted by Crippen LogP contribution is 2.30. The molecule has 2 N–H and O–H groups in total. The lowest BCUT2D eigenvalue weighted by molar-refractivity contribution is 0.307. The second-order valence-electron chi connectivity index (χ2n) is 4.23. The van der Waals surface area contributed by atoms with Gasteiger partial charge >= 0.3 is 0 Å². The van der Waals surface area contributed by atoms with Crippen molar-refractivity contribution >= 4 is 5.69 Å². The minimum atomic E-state index is 0.611. The Balaban J connectivity index is 2.01. The summed E-state index contributed by atoms with van der Waals surface area (Å²) in [5, 5.41) is 0. The van der Waals surface area contributed by atoms with E-state index in [9.17, 15) is 0 Å². The Labute approximate surface area is 119 Å². The van der Waals surface area contributed by atoms with E-state index in [4.69, 9.17) is 9.47 Å². The van der Waals surface area contributed by atoms with Gasteiger partial charge in [0.2, 0.25) is 0 Å². The summed E-state index contributed by atoms with van der Waals surface area (Å²) in [6.07, 6.45) is 0. The average molecular weight is 272 g/mol. The molecule has 4 nitrogen and oxygen atoms in total. The summed E-state index contributed by atoms with van der Waals surface area (Å²) >= 11 is 0. The summed E-state index contributed by atoms with van der Waals surface area (Å²) in [5.41, 5.74) is 8.41. The van der Waals surface area contributed by atoms with E-state index >= 15 is 0 Å². The first-order chi connectivity index (χ1) is 9.85. The number of methoxy groups -OCH3 is 1. The van der Waals surface area contributed by atoms with Gasteiger partial charge in [-0.25, -0.2) is 5.43 Å². The molecule has 2 aromatic carbocycles.